The van der Waals surface area contributed by atoms with Gasteiger partial charge in [0.2, 0.25) is 0 Å². The molecule has 0 spiro atoms. The van der Waals surface area contributed by atoms with Gasteiger partial charge in [-0.3, -0.25) is 19.8 Å². The lowest BCUT2D eigenvalue weighted by Gasteiger charge is -2.14. The van der Waals surface area contributed by atoms with Gasteiger partial charge in [-0.25, -0.2) is 9.59 Å². The van der Waals surface area contributed by atoms with Gasteiger partial charge in [0.05, 0.1) is 0 Å². The molecule has 0 bridgehead atoms. The molecule has 4 heterocycles. The molecule has 224 valence electrons. The van der Waals surface area contributed by atoms with E-state index in [-0.39, 0.29) is 0 Å². The van der Waals surface area contributed by atoms with Crippen LogP contribution in [0.3, 0.4) is 0 Å². The minimum absolute atomic E-state index is 0.382. The van der Waals surface area contributed by atoms with E-state index in [0.29, 0.717) is 11.5 Å². The molecule has 2 aromatic carbocycles. The van der Waals surface area contributed by atoms with E-state index in [1.54, 1.807) is 24.3 Å². The Labute approximate surface area is 258 Å². The summed E-state index contributed by atoms with van der Waals surface area (Å²) in [6, 6.07) is 18.8. The quantitative estimate of drug-likeness (QED) is 0.125. The van der Waals surface area contributed by atoms with Crippen molar-refractivity contribution in [3.63, 3.8) is 0 Å². The van der Waals surface area contributed by atoms with Gasteiger partial charge in [-0.2, -0.15) is 0 Å². The van der Waals surface area contributed by atoms with Crippen LogP contribution in [0.2, 0.25) is 0 Å². The second-order valence-electron chi connectivity index (χ2n) is 11.4. The zero-order chi connectivity index (χ0) is 30.1. The third-order valence-corrected chi connectivity index (χ3v) is 7.97. The number of hydrogen-bond donors (Lipinski definition) is 0. The molecule has 8 heteroatoms. The zero-order valence-corrected chi connectivity index (χ0v) is 24.7. The lowest BCUT2D eigenvalue weighted by Crippen LogP contribution is -2.18. The third kappa shape index (κ3) is 8.03. The molecule has 0 amide bonds. The predicted octanol–water partition coefficient (Wildman–Crippen LogP) is 6.07. The van der Waals surface area contributed by atoms with E-state index in [1.807, 2.05) is 49.1 Å². The molecule has 2 aliphatic rings. The van der Waals surface area contributed by atoms with Crippen molar-refractivity contribution in [2.24, 2.45) is 0 Å². The first-order chi connectivity index (χ1) is 21.6. The number of likely N-dealkylation sites (tertiary alicyclic amines) is 2. The van der Waals surface area contributed by atoms with Crippen molar-refractivity contribution in [1.29, 1.82) is 0 Å². The van der Waals surface area contributed by atoms with Crippen LogP contribution in [-0.2, 0) is 22.7 Å². The molecule has 4 aromatic rings. The number of aromatic nitrogens is 2. The second kappa shape index (κ2) is 14.2. The second-order valence-corrected chi connectivity index (χ2v) is 11.4. The Morgan fingerprint density at radius 1 is 0.568 bits per heavy atom. The van der Waals surface area contributed by atoms with Crippen LogP contribution >= 0.6 is 0 Å². The molecule has 2 aliphatic heterocycles. The van der Waals surface area contributed by atoms with Gasteiger partial charge in [-0.15, -0.1) is 0 Å². The minimum Gasteiger partial charge on any atom is -0.423 e. The highest BCUT2D eigenvalue weighted by molar-refractivity contribution is 5.93. The highest BCUT2D eigenvalue weighted by atomic mass is 16.5. The van der Waals surface area contributed by atoms with Crippen molar-refractivity contribution in [3.8, 4) is 33.8 Å². The Hall–Kier alpha value is -4.66. The van der Waals surface area contributed by atoms with E-state index in [4.69, 9.17) is 9.47 Å². The van der Waals surface area contributed by atoms with Crippen LogP contribution in [0, 0.1) is 0 Å². The van der Waals surface area contributed by atoms with Crippen LogP contribution in [0.5, 0.6) is 11.5 Å². The van der Waals surface area contributed by atoms with Crippen LogP contribution < -0.4 is 9.47 Å². The third-order valence-electron chi connectivity index (χ3n) is 7.97. The topological polar surface area (TPSA) is 84.9 Å². The van der Waals surface area contributed by atoms with Crippen molar-refractivity contribution < 1.29 is 19.1 Å². The van der Waals surface area contributed by atoms with Crippen LogP contribution in [0.25, 0.3) is 22.3 Å². The van der Waals surface area contributed by atoms with E-state index in [0.717, 1.165) is 73.7 Å². The molecule has 0 aliphatic carbocycles. The number of hydrogen-bond acceptors (Lipinski definition) is 8. The van der Waals surface area contributed by atoms with E-state index in [2.05, 4.69) is 31.9 Å². The van der Waals surface area contributed by atoms with Gasteiger partial charge in [-0.05, 0) is 111 Å². The van der Waals surface area contributed by atoms with Crippen LogP contribution in [0.1, 0.15) is 36.8 Å². The number of nitrogens with zero attached hydrogens (tertiary/aromatic N) is 4. The van der Waals surface area contributed by atoms with Crippen molar-refractivity contribution in [2.75, 3.05) is 26.2 Å². The summed E-state index contributed by atoms with van der Waals surface area (Å²) in [4.78, 5) is 38.4. The van der Waals surface area contributed by atoms with Gasteiger partial charge in [-0.1, -0.05) is 24.3 Å². The summed E-state index contributed by atoms with van der Waals surface area (Å²) < 4.78 is 10.7. The van der Waals surface area contributed by atoms with Crippen LogP contribution in [-0.4, -0.2) is 57.9 Å². The average Bonchev–Trinajstić information content (AvgIpc) is 3.76. The smallest absolute Gasteiger partial charge is 0.336 e. The molecule has 0 saturated carbocycles. The van der Waals surface area contributed by atoms with E-state index in [1.165, 1.54) is 36.8 Å². The molecule has 8 nitrogen and oxygen atoms in total. The van der Waals surface area contributed by atoms with Crippen molar-refractivity contribution in [1.82, 2.24) is 19.8 Å². The van der Waals surface area contributed by atoms with Crippen molar-refractivity contribution >= 4 is 11.9 Å². The van der Waals surface area contributed by atoms with Gasteiger partial charge in [0, 0.05) is 61.2 Å². The summed E-state index contributed by atoms with van der Waals surface area (Å²) in [5, 5.41) is 0. The molecule has 6 rings (SSSR count). The Balaban J connectivity index is 0.986. The number of carbonyl (C=O) groups excluding carboxylic acids is 2. The molecule has 0 N–H and O–H groups in total. The predicted molar refractivity (Wildman–Crippen MR) is 169 cm³/mol. The zero-order valence-electron chi connectivity index (χ0n) is 24.7. The summed E-state index contributed by atoms with van der Waals surface area (Å²) >= 11 is 0. The number of rotatable bonds is 10. The molecule has 44 heavy (non-hydrogen) atoms. The maximum Gasteiger partial charge on any atom is 0.336 e. The van der Waals surface area contributed by atoms with Gasteiger partial charge in [0.1, 0.15) is 11.5 Å². The molecular weight excluding hydrogens is 552 g/mol. The largest absolute Gasteiger partial charge is 0.423 e. The Kier molecular flexibility index (Phi) is 9.50. The van der Waals surface area contributed by atoms with Gasteiger partial charge < -0.3 is 9.47 Å². The molecule has 2 saturated heterocycles. The van der Waals surface area contributed by atoms with Gasteiger partial charge in [0.15, 0.2) is 0 Å². The van der Waals surface area contributed by atoms with E-state index >= 15 is 0 Å². The fourth-order valence-corrected chi connectivity index (χ4v) is 5.73. The van der Waals surface area contributed by atoms with Crippen LogP contribution in [0.15, 0.2) is 97.6 Å². The number of ether oxygens (including phenoxy) is 2. The Bertz CT molecular complexity index is 1490. The monoisotopic (exact) mass is 588 g/mol. The fraction of sp³-hybridized carbons (Fsp3) is 0.278. The first-order valence-electron chi connectivity index (χ1n) is 15.2. The van der Waals surface area contributed by atoms with E-state index < -0.39 is 11.9 Å². The summed E-state index contributed by atoms with van der Waals surface area (Å²) in [7, 11) is 0. The molecule has 2 fully saturated rings. The summed E-state index contributed by atoms with van der Waals surface area (Å²) in [5.74, 6) is -0.568. The summed E-state index contributed by atoms with van der Waals surface area (Å²) in [6.07, 6.45) is 14.6. The highest BCUT2D eigenvalue weighted by Crippen LogP contribution is 2.25. The Morgan fingerprint density at radius 2 is 0.955 bits per heavy atom. The Morgan fingerprint density at radius 3 is 1.34 bits per heavy atom. The van der Waals surface area contributed by atoms with Crippen molar-refractivity contribution in [2.45, 2.75) is 38.8 Å². The summed E-state index contributed by atoms with van der Waals surface area (Å²) in [6.45, 7) is 6.35. The van der Waals surface area contributed by atoms with Crippen LogP contribution in [0.4, 0.5) is 0 Å². The van der Waals surface area contributed by atoms with Crippen molar-refractivity contribution in [3.05, 3.63) is 109 Å². The molecule has 0 unspecified atom stereocenters. The normalized spacial score (nSPS) is 15.5. The number of pyridine rings is 2. The standard InChI is InChI=1S/C36H36N4O4/c41-35(43-33-9-5-29(6-10-33)31-19-27(21-37-23-31)25-39-15-1-2-16-39)13-14-36(42)44-34-11-7-30(8-12-34)32-20-28(22-38-24-32)26-40-17-3-4-18-40/h5-14,19-24H,1-4,15-18,25-26H2/b14-13+. The van der Waals surface area contributed by atoms with Gasteiger partial charge in [0.25, 0.3) is 0 Å². The minimum atomic E-state index is -0.666. The first kappa shape index (κ1) is 29.4. The maximum atomic E-state index is 12.3. The fourth-order valence-electron chi connectivity index (χ4n) is 5.73. The number of esters is 2. The molecule has 0 radical (unpaired) electrons. The van der Waals surface area contributed by atoms with E-state index in [9.17, 15) is 9.59 Å². The SMILES string of the molecule is O=C(/C=C/C(=O)Oc1ccc(-c2cncc(CN3CCCC3)c2)cc1)Oc1ccc(-c2cncc(CN3CCCC3)c2)cc1. The highest BCUT2D eigenvalue weighted by Gasteiger charge is 2.14. The molecule has 0 atom stereocenters. The maximum absolute atomic E-state index is 12.3. The number of benzene rings is 2. The van der Waals surface area contributed by atoms with Gasteiger partial charge >= 0.3 is 11.9 Å². The first-order valence-corrected chi connectivity index (χ1v) is 15.2. The lowest BCUT2D eigenvalue weighted by molar-refractivity contribution is -0.131. The average molecular weight is 589 g/mol. The molecule has 2 aromatic heterocycles. The lowest BCUT2D eigenvalue weighted by atomic mass is 10.1. The summed E-state index contributed by atoms with van der Waals surface area (Å²) in [5.41, 5.74) is 6.36. The molecular formula is C36H36N4O4. The number of carbonyl (C=O) groups is 2.